The summed E-state index contributed by atoms with van der Waals surface area (Å²) in [6.07, 6.45) is 1.10. The summed E-state index contributed by atoms with van der Waals surface area (Å²) >= 11 is 0. The Morgan fingerprint density at radius 2 is 1.88 bits per heavy atom. The van der Waals surface area contributed by atoms with Gasteiger partial charge in [0.1, 0.15) is 0 Å². The van der Waals surface area contributed by atoms with Crippen LogP contribution in [0.1, 0.15) is 57.0 Å². The number of halogens is 1. The molecule has 0 radical (unpaired) electrons. The van der Waals surface area contributed by atoms with E-state index in [-0.39, 0.29) is 35.4 Å². The topological polar surface area (TPSA) is 65.5 Å². The molecule has 142 valence electrons. The molecule has 1 rings (SSSR count). The zero-order chi connectivity index (χ0) is 18.2. The Balaban J connectivity index is 0.00000576. The standard InChI is InChI=1S/C19H32N4O.HI/c1-14(2)10-11-21-18(20-6)22-13-15-8-7-9-16(12-15)17(24)23-19(3,4)5;/h7-9,12,14H,10-11,13H2,1-6H3,(H,23,24)(H2,20,21,22);1H. The van der Waals surface area contributed by atoms with Gasteiger partial charge < -0.3 is 16.0 Å². The molecule has 0 aromatic heterocycles. The predicted octanol–water partition coefficient (Wildman–Crippen LogP) is 3.54. The molecule has 1 aromatic rings. The highest BCUT2D eigenvalue weighted by Crippen LogP contribution is 2.08. The van der Waals surface area contributed by atoms with Crippen LogP contribution in [0.2, 0.25) is 0 Å². The van der Waals surface area contributed by atoms with E-state index in [1.807, 2.05) is 45.0 Å². The largest absolute Gasteiger partial charge is 0.356 e. The summed E-state index contributed by atoms with van der Waals surface area (Å²) in [7, 11) is 1.76. The SMILES string of the molecule is CN=C(NCCC(C)C)NCc1cccc(C(=O)NC(C)(C)C)c1.I. The number of aliphatic imine (C=N–C) groups is 1. The number of guanidine groups is 1. The second-order valence-electron chi connectivity index (χ2n) is 7.44. The van der Waals surface area contributed by atoms with E-state index in [2.05, 4.69) is 34.8 Å². The fraction of sp³-hybridized carbons (Fsp3) is 0.579. The second kappa shape index (κ2) is 11.3. The van der Waals surface area contributed by atoms with Crippen molar-refractivity contribution in [1.29, 1.82) is 0 Å². The fourth-order valence-electron chi connectivity index (χ4n) is 2.12. The van der Waals surface area contributed by atoms with E-state index in [0.717, 1.165) is 24.5 Å². The van der Waals surface area contributed by atoms with Gasteiger partial charge in [-0.3, -0.25) is 9.79 Å². The predicted molar refractivity (Wildman–Crippen MR) is 117 cm³/mol. The lowest BCUT2D eigenvalue weighted by molar-refractivity contribution is 0.0919. The van der Waals surface area contributed by atoms with Crippen LogP contribution in [0, 0.1) is 5.92 Å². The van der Waals surface area contributed by atoms with E-state index in [0.29, 0.717) is 18.0 Å². The van der Waals surface area contributed by atoms with Crippen molar-refractivity contribution in [3.8, 4) is 0 Å². The number of hydrogen-bond donors (Lipinski definition) is 3. The van der Waals surface area contributed by atoms with Gasteiger partial charge in [-0.15, -0.1) is 24.0 Å². The summed E-state index contributed by atoms with van der Waals surface area (Å²) in [5.41, 5.74) is 1.48. The maximum absolute atomic E-state index is 12.2. The highest BCUT2D eigenvalue weighted by Gasteiger charge is 2.15. The Hall–Kier alpha value is -1.31. The molecule has 3 N–H and O–H groups in total. The highest BCUT2D eigenvalue weighted by atomic mass is 127. The minimum atomic E-state index is -0.242. The minimum absolute atomic E-state index is 0. The molecule has 25 heavy (non-hydrogen) atoms. The van der Waals surface area contributed by atoms with Crippen molar-refractivity contribution >= 4 is 35.8 Å². The van der Waals surface area contributed by atoms with E-state index in [1.54, 1.807) is 7.05 Å². The quantitative estimate of drug-likeness (QED) is 0.346. The summed E-state index contributed by atoms with van der Waals surface area (Å²) in [5, 5.41) is 9.56. The molecule has 0 heterocycles. The van der Waals surface area contributed by atoms with Gasteiger partial charge in [-0.25, -0.2) is 0 Å². The van der Waals surface area contributed by atoms with Crippen LogP contribution < -0.4 is 16.0 Å². The van der Waals surface area contributed by atoms with E-state index in [9.17, 15) is 4.79 Å². The molecule has 0 saturated heterocycles. The number of benzene rings is 1. The molecular formula is C19H33IN4O. The van der Waals surface area contributed by atoms with E-state index < -0.39 is 0 Å². The Bertz CT molecular complexity index is 565. The third kappa shape index (κ3) is 10.3. The van der Waals surface area contributed by atoms with Crippen molar-refractivity contribution in [3.05, 3.63) is 35.4 Å². The first-order valence-electron chi connectivity index (χ1n) is 8.57. The van der Waals surface area contributed by atoms with Crippen molar-refractivity contribution in [2.75, 3.05) is 13.6 Å². The first-order chi connectivity index (χ1) is 11.2. The number of rotatable bonds is 6. The molecule has 1 aromatic carbocycles. The maximum Gasteiger partial charge on any atom is 0.251 e. The van der Waals surface area contributed by atoms with Crippen LogP contribution in [-0.2, 0) is 6.54 Å². The van der Waals surface area contributed by atoms with Gasteiger partial charge in [0, 0.05) is 31.2 Å². The van der Waals surface area contributed by atoms with Crippen LogP contribution in [0.15, 0.2) is 29.3 Å². The van der Waals surface area contributed by atoms with Crippen molar-refractivity contribution in [1.82, 2.24) is 16.0 Å². The van der Waals surface area contributed by atoms with Gasteiger partial charge in [0.15, 0.2) is 5.96 Å². The summed E-state index contributed by atoms with van der Waals surface area (Å²) in [4.78, 5) is 16.5. The van der Waals surface area contributed by atoms with Gasteiger partial charge in [-0.2, -0.15) is 0 Å². The third-order valence-corrected chi connectivity index (χ3v) is 3.38. The number of carbonyl (C=O) groups is 1. The fourth-order valence-corrected chi connectivity index (χ4v) is 2.12. The van der Waals surface area contributed by atoms with E-state index >= 15 is 0 Å². The van der Waals surface area contributed by atoms with Crippen LogP contribution >= 0.6 is 24.0 Å². The first kappa shape index (κ1) is 23.7. The molecule has 0 aliphatic rings. The molecular weight excluding hydrogens is 427 g/mol. The molecule has 0 atom stereocenters. The zero-order valence-corrected chi connectivity index (χ0v) is 18.6. The van der Waals surface area contributed by atoms with Gasteiger partial charge in [-0.05, 0) is 50.8 Å². The summed E-state index contributed by atoms with van der Waals surface area (Å²) in [5.74, 6) is 1.39. The van der Waals surface area contributed by atoms with Crippen LogP contribution in [0.4, 0.5) is 0 Å². The highest BCUT2D eigenvalue weighted by molar-refractivity contribution is 14.0. The van der Waals surface area contributed by atoms with Gasteiger partial charge in [0.05, 0.1) is 0 Å². The maximum atomic E-state index is 12.2. The minimum Gasteiger partial charge on any atom is -0.356 e. The number of nitrogens with zero attached hydrogens (tertiary/aromatic N) is 1. The Labute approximate surface area is 169 Å². The van der Waals surface area contributed by atoms with Gasteiger partial charge in [-0.1, -0.05) is 26.0 Å². The Morgan fingerprint density at radius 3 is 2.44 bits per heavy atom. The summed E-state index contributed by atoms with van der Waals surface area (Å²) in [6.45, 7) is 11.8. The van der Waals surface area contributed by atoms with Crippen LogP contribution in [0.25, 0.3) is 0 Å². The molecule has 0 aliphatic carbocycles. The lowest BCUT2D eigenvalue weighted by atomic mass is 10.1. The van der Waals surface area contributed by atoms with Crippen molar-refractivity contribution < 1.29 is 4.79 Å². The molecule has 0 aliphatic heterocycles. The average molecular weight is 460 g/mol. The number of nitrogens with one attached hydrogen (secondary N) is 3. The summed E-state index contributed by atoms with van der Waals surface area (Å²) in [6, 6.07) is 7.65. The van der Waals surface area contributed by atoms with Crippen LogP contribution in [0.3, 0.4) is 0 Å². The average Bonchev–Trinajstić information content (AvgIpc) is 2.49. The molecule has 5 nitrogen and oxygen atoms in total. The monoisotopic (exact) mass is 460 g/mol. The molecule has 0 unspecified atom stereocenters. The molecule has 0 spiro atoms. The van der Waals surface area contributed by atoms with E-state index in [4.69, 9.17) is 0 Å². The smallest absolute Gasteiger partial charge is 0.251 e. The number of carbonyl (C=O) groups excluding carboxylic acids is 1. The lowest BCUT2D eigenvalue weighted by Gasteiger charge is -2.20. The van der Waals surface area contributed by atoms with Gasteiger partial charge >= 0.3 is 0 Å². The van der Waals surface area contributed by atoms with Gasteiger partial charge in [0.2, 0.25) is 0 Å². The number of amides is 1. The Kier molecular flexibility index (Phi) is 10.7. The van der Waals surface area contributed by atoms with E-state index in [1.165, 1.54) is 0 Å². The first-order valence-corrected chi connectivity index (χ1v) is 8.57. The lowest BCUT2D eigenvalue weighted by Crippen LogP contribution is -2.40. The van der Waals surface area contributed by atoms with Crippen LogP contribution in [-0.4, -0.2) is 31.0 Å². The molecule has 6 heteroatoms. The molecule has 1 amide bonds. The molecule has 0 bridgehead atoms. The zero-order valence-electron chi connectivity index (χ0n) is 16.3. The summed E-state index contributed by atoms with van der Waals surface area (Å²) < 4.78 is 0. The van der Waals surface area contributed by atoms with Crippen molar-refractivity contribution in [2.24, 2.45) is 10.9 Å². The Morgan fingerprint density at radius 1 is 1.20 bits per heavy atom. The number of hydrogen-bond acceptors (Lipinski definition) is 2. The third-order valence-electron chi connectivity index (χ3n) is 3.38. The normalized spacial score (nSPS) is 11.7. The molecule has 0 saturated carbocycles. The second-order valence-corrected chi connectivity index (χ2v) is 7.44. The van der Waals surface area contributed by atoms with Crippen molar-refractivity contribution in [3.63, 3.8) is 0 Å². The molecule has 0 fully saturated rings. The van der Waals surface area contributed by atoms with Gasteiger partial charge in [0.25, 0.3) is 5.91 Å². The van der Waals surface area contributed by atoms with Crippen molar-refractivity contribution in [2.45, 2.75) is 53.1 Å². The van der Waals surface area contributed by atoms with Crippen LogP contribution in [0.5, 0.6) is 0 Å².